The molecular weight excluding hydrogens is 332 g/mol. The molecule has 0 bridgehead atoms. The maximum atomic E-state index is 10.7. The van der Waals surface area contributed by atoms with Gasteiger partial charge in [0.15, 0.2) is 5.69 Å². The molecule has 0 saturated carbocycles. The SMILES string of the molecule is O=C(O)c1cn(C2CN(Cc3csc(Br)c3)C2)nn1. The minimum atomic E-state index is -1.04. The molecule has 0 atom stereocenters. The predicted molar refractivity (Wildman–Crippen MR) is 73.3 cm³/mol. The third-order valence-corrected chi connectivity index (χ3v) is 4.62. The van der Waals surface area contributed by atoms with Gasteiger partial charge in [0.2, 0.25) is 0 Å². The number of hydrogen-bond acceptors (Lipinski definition) is 5. The van der Waals surface area contributed by atoms with Gasteiger partial charge in [-0.1, -0.05) is 5.21 Å². The molecule has 19 heavy (non-hydrogen) atoms. The molecule has 0 aromatic carbocycles. The van der Waals surface area contributed by atoms with Crippen LogP contribution < -0.4 is 0 Å². The number of nitrogens with zero attached hydrogens (tertiary/aromatic N) is 4. The molecule has 0 amide bonds. The van der Waals surface area contributed by atoms with Crippen LogP contribution in [0.2, 0.25) is 0 Å². The lowest BCUT2D eigenvalue weighted by atomic mass is 10.1. The monoisotopic (exact) mass is 342 g/mol. The highest BCUT2D eigenvalue weighted by atomic mass is 79.9. The molecule has 6 nitrogen and oxygen atoms in total. The Bertz CT molecular complexity index is 605. The van der Waals surface area contributed by atoms with Gasteiger partial charge in [-0.2, -0.15) is 0 Å². The van der Waals surface area contributed by atoms with E-state index in [0.717, 1.165) is 23.4 Å². The van der Waals surface area contributed by atoms with E-state index in [1.807, 2.05) is 0 Å². The summed E-state index contributed by atoms with van der Waals surface area (Å²) >= 11 is 5.13. The van der Waals surface area contributed by atoms with Gasteiger partial charge >= 0.3 is 5.97 Å². The van der Waals surface area contributed by atoms with Gasteiger partial charge in [-0.15, -0.1) is 16.4 Å². The first-order valence-electron chi connectivity index (χ1n) is 5.72. The first-order chi connectivity index (χ1) is 9.11. The Morgan fingerprint density at radius 3 is 2.95 bits per heavy atom. The largest absolute Gasteiger partial charge is 0.476 e. The second-order valence-corrected chi connectivity index (χ2v) is 6.79. The van der Waals surface area contributed by atoms with E-state index in [1.165, 1.54) is 11.8 Å². The molecule has 2 aromatic rings. The van der Waals surface area contributed by atoms with Crippen LogP contribution >= 0.6 is 27.3 Å². The number of aromatic nitrogens is 3. The molecule has 1 saturated heterocycles. The van der Waals surface area contributed by atoms with E-state index in [2.05, 4.69) is 42.6 Å². The third kappa shape index (κ3) is 2.70. The van der Waals surface area contributed by atoms with Crippen molar-refractivity contribution in [1.82, 2.24) is 19.9 Å². The Balaban J connectivity index is 1.55. The van der Waals surface area contributed by atoms with Crippen molar-refractivity contribution in [2.45, 2.75) is 12.6 Å². The van der Waals surface area contributed by atoms with Crippen LogP contribution in [-0.2, 0) is 6.54 Å². The first-order valence-corrected chi connectivity index (χ1v) is 7.39. The van der Waals surface area contributed by atoms with E-state index in [4.69, 9.17) is 5.11 Å². The summed E-state index contributed by atoms with van der Waals surface area (Å²) in [6.45, 7) is 2.66. The average Bonchev–Trinajstić information content (AvgIpc) is 2.91. The number of likely N-dealkylation sites (tertiary alicyclic amines) is 1. The number of aromatic carboxylic acids is 1. The topological polar surface area (TPSA) is 71.2 Å². The standard InChI is InChI=1S/C11H11BrN4O2S/c12-10-1-7(6-19-10)2-15-3-8(4-15)16-5-9(11(17)18)13-14-16/h1,5-6,8H,2-4H2,(H,17,18). The van der Waals surface area contributed by atoms with Gasteiger partial charge in [0.25, 0.3) is 0 Å². The summed E-state index contributed by atoms with van der Waals surface area (Å²) in [5, 5.41) is 18.4. The van der Waals surface area contributed by atoms with Crippen molar-refractivity contribution < 1.29 is 9.90 Å². The Labute approximate surface area is 121 Å². The number of carbonyl (C=O) groups is 1. The van der Waals surface area contributed by atoms with Crippen molar-refractivity contribution >= 4 is 33.2 Å². The Morgan fingerprint density at radius 2 is 2.37 bits per heavy atom. The van der Waals surface area contributed by atoms with Gasteiger partial charge in [-0.05, 0) is 32.9 Å². The summed E-state index contributed by atoms with van der Waals surface area (Å²) in [7, 11) is 0. The van der Waals surface area contributed by atoms with E-state index in [1.54, 1.807) is 16.0 Å². The molecule has 1 aliphatic rings. The zero-order valence-corrected chi connectivity index (χ0v) is 12.3. The molecule has 100 valence electrons. The molecule has 3 heterocycles. The van der Waals surface area contributed by atoms with E-state index in [-0.39, 0.29) is 11.7 Å². The molecular formula is C11H11BrN4O2S. The van der Waals surface area contributed by atoms with Crippen molar-refractivity contribution in [3.05, 3.63) is 32.7 Å². The number of carboxylic acids is 1. The summed E-state index contributed by atoms with van der Waals surface area (Å²) in [5.74, 6) is -1.04. The predicted octanol–water partition coefficient (Wildman–Crippen LogP) is 1.86. The lowest BCUT2D eigenvalue weighted by molar-refractivity contribution is 0.0690. The van der Waals surface area contributed by atoms with Crippen LogP contribution in [0, 0.1) is 0 Å². The van der Waals surface area contributed by atoms with Crippen molar-refractivity contribution in [3.8, 4) is 0 Å². The molecule has 0 spiro atoms. The summed E-state index contributed by atoms with van der Waals surface area (Å²) in [4.78, 5) is 13.0. The van der Waals surface area contributed by atoms with E-state index >= 15 is 0 Å². The van der Waals surface area contributed by atoms with Gasteiger partial charge < -0.3 is 5.11 Å². The highest BCUT2D eigenvalue weighted by molar-refractivity contribution is 9.11. The molecule has 1 fully saturated rings. The average molecular weight is 343 g/mol. The minimum absolute atomic E-state index is 0.000199. The molecule has 0 radical (unpaired) electrons. The lowest BCUT2D eigenvalue weighted by Gasteiger charge is -2.38. The zero-order chi connectivity index (χ0) is 13.4. The maximum absolute atomic E-state index is 10.7. The van der Waals surface area contributed by atoms with Crippen LogP contribution in [0.1, 0.15) is 22.1 Å². The number of thiophene rings is 1. The van der Waals surface area contributed by atoms with Crippen molar-refractivity contribution in [2.24, 2.45) is 0 Å². The number of hydrogen-bond donors (Lipinski definition) is 1. The van der Waals surface area contributed by atoms with Gasteiger partial charge in [0.1, 0.15) is 0 Å². The zero-order valence-electron chi connectivity index (χ0n) is 9.86. The summed E-state index contributed by atoms with van der Waals surface area (Å²) in [6, 6.07) is 2.35. The van der Waals surface area contributed by atoms with Crippen LogP contribution in [0.5, 0.6) is 0 Å². The third-order valence-electron chi connectivity index (χ3n) is 3.07. The molecule has 0 unspecified atom stereocenters. The van der Waals surface area contributed by atoms with Gasteiger partial charge in [0, 0.05) is 19.6 Å². The molecule has 1 N–H and O–H groups in total. The van der Waals surface area contributed by atoms with Crippen LogP contribution in [0.25, 0.3) is 0 Å². The Morgan fingerprint density at radius 1 is 1.58 bits per heavy atom. The molecule has 1 aliphatic heterocycles. The Hall–Kier alpha value is -1.25. The van der Waals surface area contributed by atoms with Crippen LogP contribution in [0.3, 0.4) is 0 Å². The van der Waals surface area contributed by atoms with Crippen LogP contribution in [0.15, 0.2) is 21.4 Å². The minimum Gasteiger partial charge on any atom is -0.476 e. The summed E-state index contributed by atoms with van der Waals surface area (Å²) in [5.41, 5.74) is 1.29. The Kier molecular flexibility index (Phi) is 3.38. The summed E-state index contributed by atoms with van der Waals surface area (Å²) in [6.07, 6.45) is 1.49. The van der Waals surface area contributed by atoms with Crippen molar-refractivity contribution in [1.29, 1.82) is 0 Å². The highest BCUT2D eigenvalue weighted by Crippen LogP contribution is 2.26. The molecule has 8 heteroatoms. The number of halogens is 1. The summed E-state index contributed by atoms with van der Waals surface area (Å²) < 4.78 is 2.78. The maximum Gasteiger partial charge on any atom is 0.358 e. The van der Waals surface area contributed by atoms with Crippen LogP contribution in [-0.4, -0.2) is 44.1 Å². The fourth-order valence-corrected chi connectivity index (χ4v) is 3.28. The fraction of sp³-hybridized carbons (Fsp3) is 0.364. The van der Waals surface area contributed by atoms with Gasteiger partial charge in [-0.3, -0.25) is 4.90 Å². The molecule has 2 aromatic heterocycles. The van der Waals surface area contributed by atoms with Crippen LogP contribution in [0.4, 0.5) is 0 Å². The second-order valence-electron chi connectivity index (χ2n) is 4.50. The molecule has 0 aliphatic carbocycles. The smallest absolute Gasteiger partial charge is 0.358 e. The van der Waals surface area contributed by atoms with Gasteiger partial charge in [0.05, 0.1) is 16.0 Å². The lowest BCUT2D eigenvalue weighted by Crippen LogP contribution is -2.47. The normalized spacial score (nSPS) is 16.5. The number of rotatable bonds is 4. The molecule has 3 rings (SSSR count). The van der Waals surface area contributed by atoms with Crippen molar-refractivity contribution in [2.75, 3.05) is 13.1 Å². The quantitative estimate of drug-likeness (QED) is 0.918. The second kappa shape index (κ2) is 5.03. The van der Waals surface area contributed by atoms with Crippen molar-refractivity contribution in [3.63, 3.8) is 0 Å². The van der Waals surface area contributed by atoms with E-state index < -0.39 is 5.97 Å². The highest BCUT2D eigenvalue weighted by Gasteiger charge is 2.29. The van der Waals surface area contributed by atoms with E-state index in [0.29, 0.717) is 0 Å². The first kappa shape index (κ1) is 12.8. The van der Waals surface area contributed by atoms with Gasteiger partial charge in [-0.25, -0.2) is 9.48 Å². The number of carboxylic acid groups (broad SMARTS) is 1. The van der Waals surface area contributed by atoms with E-state index in [9.17, 15) is 4.79 Å². The fourth-order valence-electron chi connectivity index (χ4n) is 2.08.